The van der Waals surface area contributed by atoms with Crippen LogP contribution in [0.3, 0.4) is 0 Å². The Hall–Kier alpha value is -1.63. The van der Waals surface area contributed by atoms with Crippen molar-refractivity contribution in [2.24, 2.45) is 11.8 Å². The number of carboxylic acid groups (broad SMARTS) is 1. The third-order valence-electron chi connectivity index (χ3n) is 2.71. The maximum Gasteiger partial charge on any atom is 0.315 e. The average molecular weight is 299 g/mol. The van der Waals surface area contributed by atoms with Crippen molar-refractivity contribution in [2.75, 3.05) is 6.54 Å². The first-order chi connectivity index (χ1) is 9.38. The number of nitrogens with zero attached hydrogens (tertiary/aromatic N) is 1. The number of aryl methyl sites for hydroxylation is 1. The summed E-state index contributed by atoms with van der Waals surface area (Å²) >= 11 is 1.52. The van der Waals surface area contributed by atoms with Gasteiger partial charge < -0.3 is 15.7 Å². The lowest BCUT2D eigenvalue weighted by atomic mass is 9.97. The smallest absolute Gasteiger partial charge is 0.315 e. The summed E-state index contributed by atoms with van der Waals surface area (Å²) in [6.07, 6.45) is 2.27. The second-order valence-corrected chi connectivity index (χ2v) is 6.39. The van der Waals surface area contributed by atoms with Crippen LogP contribution in [0.15, 0.2) is 6.20 Å². The summed E-state index contributed by atoms with van der Waals surface area (Å²) in [4.78, 5) is 27.7. The number of aliphatic carboxylic acids is 1. The van der Waals surface area contributed by atoms with Gasteiger partial charge in [-0.25, -0.2) is 9.78 Å². The maximum absolute atomic E-state index is 11.6. The largest absolute Gasteiger partial charge is 0.481 e. The van der Waals surface area contributed by atoms with Crippen LogP contribution in [-0.4, -0.2) is 28.6 Å². The van der Waals surface area contributed by atoms with E-state index in [1.165, 1.54) is 11.3 Å². The molecule has 0 aliphatic carbocycles. The molecule has 112 valence electrons. The molecule has 1 atom stereocenters. The summed E-state index contributed by atoms with van der Waals surface area (Å²) in [7, 11) is 0. The molecule has 0 saturated heterocycles. The van der Waals surface area contributed by atoms with Gasteiger partial charge >= 0.3 is 12.0 Å². The first kappa shape index (κ1) is 16.4. The Balaban J connectivity index is 2.32. The van der Waals surface area contributed by atoms with Gasteiger partial charge in [-0.05, 0) is 19.3 Å². The molecule has 0 fully saturated rings. The number of rotatable bonds is 7. The normalized spacial score (nSPS) is 12.2. The standard InChI is InChI=1S/C13H21N3O3S/c1-8(2)4-10(12(17)18)5-15-13(19)16-7-11-6-14-9(3)20-11/h6,8,10H,4-5,7H2,1-3H3,(H,17,18)(H2,15,16,19). The summed E-state index contributed by atoms with van der Waals surface area (Å²) < 4.78 is 0. The second kappa shape index (κ2) is 7.84. The third kappa shape index (κ3) is 6.01. The molecule has 0 bridgehead atoms. The molecule has 6 nitrogen and oxygen atoms in total. The highest BCUT2D eigenvalue weighted by molar-refractivity contribution is 7.11. The molecule has 3 N–H and O–H groups in total. The van der Waals surface area contributed by atoms with E-state index in [0.717, 1.165) is 9.88 Å². The van der Waals surface area contributed by atoms with Crippen molar-refractivity contribution in [3.8, 4) is 0 Å². The van der Waals surface area contributed by atoms with Crippen LogP contribution in [0.2, 0.25) is 0 Å². The van der Waals surface area contributed by atoms with E-state index in [1.54, 1.807) is 6.20 Å². The van der Waals surface area contributed by atoms with Gasteiger partial charge in [-0.15, -0.1) is 11.3 Å². The van der Waals surface area contributed by atoms with E-state index in [9.17, 15) is 9.59 Å². The molecule has 0 spiro atoms. The highest BCUT2D eigenvalue weighted by atomic mass is 32.1. The quantitative estimate of drug-likeness (QED) is 0.718. The van der Waals surface area contributed by atoms with Gasteiger partial charge in [-0.1, -0.05) is 13.8 Å². The van der Waals surface area contributed by atoms with Gasteiger partial charge in [0.05, 0.1) is 17.5 Å². The molecule has 1 rings (SSSR count). The van der Waals surface area contributed by atoms with Gasteiger partial charge in [-0.2, -0.15) is 0 Å². The van der Waals surface area contributed by atoms with Crippen molar-refractivity contribution in [3.63, 3.8) is 0 Å². The zero-order valence-electron chi connectivity index (χ0n) is 12.0. The Morgan fingerprint density at radius 3 is 2.60 bits per heavy atom. The lowest BCUT2D eigenvalue weighted by Gasteiger charge is -2.15. The number of carbonyl (C=O) groups is 2. The Labute approximate surface area is 122 Å². The van der Waals surface area contributed by atoms with E-state index >= 15 is 0 Å². The predicted molar refractivity (Wildman–Crippen MR) is 77.7 cm³/mol. The number of hydrogen-bond donors (Lipinski definition) is 3. The number of urea groups is 1. The van der Waals surface area contributed by atoms with Crippen molar-refractivity contribution in [2.45, 2.75) is 33.7 Å². The van der Waals surface area contributed by atoms with E-state index in [4.69, 9.17) is 5.11 Å². The van der Waals surface area contributed by atoms with Crippen LogP contribution < -0.4 is 10.6 Å². The molecule has 0 aromatic carbocycles. The van der Waals surface area contributed by atoms with Crippen molar-refractivity contribution in [1.29, 1.82) is 0 Å². The fourth-order valence-electron chi connectivity index (χ4n) is 1.77. The molecular formula is C13H21N3O3S. The molecular weight excluding hydrogens is 278 g/mol. The van der Waals surface area contributed by atoms with E-state index in [0.29, 0.717) is 13.0 Å². The molecule has 1 aromatic heterocycles. The van der Waals surface area contributed by atoms with E-state index in [1.807, 2.05) is 20.8 Å². The number of thiazole rings is 1. The minimum atomic E-state index is -0.878. The zero-order valence-corrected chi connectivity index (χ0v) is 12.8. The lowest BCUT2D eigenvalue weighted by Crippen LogP contribution is -2.39. The number of hydrogen-bond acceptors (Lipinski definition) is 4. The van der Waals surface area contributed by atoms with Crippen LogP contribution in [-0.2, 0) is 11.3 Å². The van der Waals surface area contributed by atoms with Crippen molar-refractivity contribution in [1.82, 2.24) is 15.6 Å². The number of aromatic nitrogens is 1. The molecule has 1 aromatic rings. The van der Waals surface area contributed by atoms with Gasteiger partial charge in [0.1, 0.15) is 0 Å². The first-order valence-corrected chi connectivity index (χ1v) is 7.36. The molecule has 1 unspecified atom stereocenters. The van der Waals surface area contributed by atoms with E-state index in [-0.39, 0.29) is 18.5 Å². The van der Waals surface area contributed by atoms with Crippen LogP contribution in [0.4, 0.5) is 4.79 Å². The highest BCUT2D eigenvalue weighted by Crippen LogP contribution is 2.12. The topological polar surface area (TPSA) is 91.3 Å². The third-order valence-corrected chi connectivity index (χ3v) is 3.62. The van der Waals surface area contributed by atoms with Gasteiger partial charge in [0.2, 0.25) is 0 Å². The van der Waals surface area contributed by atoms with Crippen LogP contribution in [0, 0.1) is 18.8 Å². The number of amides is 2. The highest BCUT2D eigenvalue weighted by Gasteiger charge is 2.19. The molecule has 1 heterocycles. The average Bonchev–Trinajstić information content (AvgIpc) is 2.77. The number of carboxylic acids is 1. The van der Waals surface area contributed by atoms with Gasteiger partial charge in [-0.3, -0.25) is 4.79 Å². The fourth-order valence-corrected chi connectivity index (χ4v) is 2.51. The van der Waals surface area contributed by atoms with Crippen molar-refractivity contribution in [3.05, 3.63) is 16.1 Å². The van der Waals surface area contributed by atoms with Crippen molar-refractivity contribution < 1.29 is 14.7 Å². The van der Waals surface area contributed by atoms with E-state index in [2.05, 4.69) is 15.6 Å². The molecule has 20 heavy (non-hydrogen) atoms. The summed E-state index contributed by atoms with van der Waals surface area (Å²) in [6.45, 7) is 6.36. The summed E-state index contributed by atoms with van der Waals surface area (Å²) in [5, 5.41) is 15.3. The maximum atomic E-state index is 11.6. The van der Waals surface area contributed by atoms with Gasteiger partial charge in [0.15, 0.2) is 0 Å². The van der Waals surface area contributed by atoms with Crippen LogP contribution in [0.1, 0.15) is 30.2 Å². The Bertz CT molecular complexity index is 459. The molecule has 0 saturated carbocycles. The Morgan fingerprint density at radius 1 is 1.40 bits per heavy atom. The minimum Gasteiger partial charge on any atom is -0.481 e. The summed E-state index contributed by atoms with van der Waals surface area (Å²) in [6, 6.07) is -0.356. The molecule has 0 aliphatic heterocycles. The Kier molecular flexibility index (Phi) is 6.44. The number of nitrogens with one attached hydrogen (secondary N) is 2. The van der Waals surface area contributed by atoms with Crippen molar-refractivity contribution >= 4 is 23.3 Å². The SMILES string of the molecule is Cc1ncc(CNC(=O)NCC(CC(C)C)C(=O)O)s1. The molecule has 7 heteroatoms. The van der Waals surface area contributed by atoms with Gasteiger partial charge in [0.25, 0.3) is 0 Å². The van der Waals surface area contributed by atoms with Crippen LogP contribution in [0.25, 0.3) is 0 Å². The predicted octanol–water partition coefficient (Wildman–Crippen LogP) is 2.00. The van der Waals surface area contributed by atoms with Crippen LogP contribution >= 0.6 is 11.3 Å². The minimum absolute atomic E-state index is 0.140. The summed E-state index contributed by atoms with van der Waals surface area (Å²) in [5.74, 6) is -1.15. The second-order valence-electron chi connectivity index (χ2n) is 5.07. The fraction of sp³-hybridized carbons (Fsp3) is 0.615. The lowest BCUT2D eigenvalue weighted by molar-refractivity contribution is -0.142. The van der Waals surface area contributed by atoms with Gasteiger partial charge in [0, 0.05) is 17.6 Å². The molecule has 2 amide bonds. The summed E-state index contributed by atoms with van der Waals surface area (Å²) in [5.41, 5.74) is 0. The molecule has 0 aliphatic rings. The zero-order chi connectivity index (χ0) is 15.1. The van der Waals surface area contributed by atoms with E-state index < -0.39 is 11.9 Å². The Morgan fingerprint density at radius 2 is 2.10 bits per heavy atom. The van der Waals surface area contributed by atoms with Crippen LogP contribution in [0.5, 0.6) is 0 Å². The first-order valence-electron chi connectivity index (χ1n) is 6.54. The number of carbonyl (C=O) groups excluding carboxylic acids is 1. The monoisotopic (exact) mass is 299 g/mol. The molecule has 0 radical (unpaired) electrons.